The number of nitrogens with one attached hydrogen (secondary N) is 2. The van der Waals surface area contributed by atoms with E-state index in [0.29, 0.717) is 0 Å². The molecule has 0 spiro atoms. The summed E-state index contributed by atoms with van der Waals surface area (Å²) in [5.74, 6) is 0.838. The quantitative estimate of drug-likeness (QED) is 0.432. The van der Waals surface area contributed by atoms with E-state index in [1.54, 1.807) is 14.2 Å². The highest BCUT2D eigenvalue weighted by Gasteiger charge is 2.09. The summed E-state index contributed by atoms with van der Waals surface area (Å²) in [6.45, 7) is 5.98. The number of hydrogen-bond donors (Lipinski definition) is 2. The van der Waals surface area contributed by atoms with Crippen LogP contribution in [0, 0.1) is 0 Å². The lowest BCUT2D eigenvalue weighted by atomic mass is 10.1. The van der Waals surface area contributed by atoms with Crippen LogP contribution >= 0.6 is 0 Å². The predicted molar refractivity (Wildman–Crippen MR) is 105 cm³/mol. The molecule has 1 saturated heterocycles. The predicted octanol–water partition coefficient (Wildman–Crippen LogP) is 2.76. The second kappa shape index (κ2) is 11.9. The van der Waals surface area contributed by atoms with Crippen LogP contribution in [0.15, 0.2) is 29.3 Å². The van der Waals surface area contributed by atoms with Crippen LogP contribution in [-0.2, 0) is 17.8 Å². The molecule has 0 amide bonds. The Kier molecular flexibility index (Phi) is 9.37. The molecule has 25 heavy (non-hydrogen) atoms. The molecule has 1 aliphatic heterocycles. The van der Waals surface area contributed by atoms with Crippen molar-refractivity contribution in [1.29, 1.82) is 0 Å². The molecule has 2 rings (SSSR count). The first-order valence-electron chi connectivity index (χ1n) is 9.55. The Bertz CT molecular complexity index is 493. The third-order valence-corrected chi connectivity index (χ3v) is 4.63. The molecule has 0 aliphatic carbocycles. The zero-order valence-corrected chi connectivity index (χ0v) is 15.9. The number of nitrogens with zero attached hydrogens (tertiary/aromatic N) is 2. The summed E-state index contributed by atoms with van der Waals surface area (Å²) in [4.78, 5) is 6.84. The number of benzene rings is 1. The SMILES string of the molecule is CN=C(NCCCOC)NCc1ccc(CN2CCCCCC2)cc1. The largest absolute Gasteiger partial charge is 0.385 e. The summed E-state index contributed by atoms with van der Waals surface area (Å²) >= 11 is 0. The van der Waals surface area contributed by atoms with Crippen molar-refractivity contribution in [2.45, 2.75) is 45.2 Å². The average molecular weight is 347 g/mol. The van der Waals surface area contributed by atoms with Crippen LogP contribution < -0.4 is 10.6 Å². The minimum atomic E-state index is 0.766. The van der Waals surface area contributed by atoms with E-state index in [0.717, 1.165) is 38.6 Å². The van der Waals surface area contributed by atoms with Crippen LogP contribution in [0.2, 0.25) is 0 Å². The lowest BCUT2D eigenvalue weighted by Crippen LogP contribution is -2.37. The van der Waals surface area contributed by atoms with Crippen LogP contribution in [0.4, 0.5) is 0 Å². The fourth-order valence-electron chi connectivity index (χ4n) is 3.14. The van der Waals surface area contributed by atoms with E-state index >= 15 is 0 Å². The number of likely N-dealkylation sites (tertiary alicyclic amines) is 1. The molecule has 1 heterocycles. The Balaban J connectivity index is 1.73. The van der Waals surface area contributed by atoms with E-state index in [1.165, 1.54) is 49.9 Å². The summed E-state index contributed by atoms with van der Waals surface area (Å²) in [6, 6.07) is 8.96. The molecular formula is C20H34N4O. The summed E-state index contributed by atoms with van der Waals surface area (Å²) in [5.41, 5.74) is 2.69. The molecule has 1 aliphatic rings. The second-order valence-corrected chi connectivity index (χ2v) is 6.71. The van der Waals surface area contributed by atoms with Crippen LogP contribution in [0.1, 0.15) is 43.2 Å². The van der Waals surface area contributed by atoms with Crippen molar-refractivity contribution in [2.24, 2.45) is 4.99 Å². The van der Waals surface area contributed by atoms with Gasteiger partial charge in [-0.2, -0.15) is 0 Å². The van der Waals surface area contributed by atoms with Crippen LogP contribution in [-0.4, -0.2) is 51.3 Å². The van der Waals surface area contributed by atoms with Gasteiger partial charge in [0, 0.05) is 40.4 Å². The first-order valence-corrected chi connectivity index (χ1v) is 9.55. The van der Waals surface area contributed by atoms with Gasteiger partial charge in [-0.3, -0.25) is 9.89 Å². The Morgan fingerprint density at radius 1 is 1.04 bits per heavy atom. The molecule has 0 radical (unpaired) electrons. The van der Waals surface area contributed by atoms with Crippen molar-refractivity contribution in [1.82, 2.24) is 15.5 Å². The summed E-state index contributed by atoms with van der Waals surface area (Å²) in [5, 5.41) is 6.66. The highest BCUT2D eigenvalue weighted by Crippen LogP contribution is 2.13. The average Bonchev–Trinajstić information content (AvgIpc) is 2.91. The molecule has 1 aromatic rings. The van der Waals surface area contributed by atoms with Crippen LogP contribution in [0.3, 0.4) is 0 Å². The van der Waals surface area contributed by atoms with Crippen molar-refractivity contribution < 1.29 is 4.74 Å². The van der Waals surface area contributed by atoms with E-state index in [9.17, 15) is 0 Å². The van der Waals surface area contributed by atoms with Crippen LogP contribution in [0.25, 0.3) is 0 Å². The van der Waals surface area contributed by atoms with Gasteiger partial charge >= 0.3 is 0 Å². The highest BCUT2D eigenvalue weighted by molar-refractivity contribution is 5.79. The number of rotatable bonds is 8. The number of ether oxygens (including phenoxy) is 1. The molecular weight excluding hydrogens is 312 g/mol. The first kappa shape index (κ1) is 19.7. The lowest BCUT2D eigenvalue weighted by Gasteiger charge is -2.20. The minimum Gasteiger partial charge on any atom is -0.385 e. The zero-order chi connectivity index (χ0) is 17.7. The Morgan fingerprint density at radius 3 is 2.36 bits per heavy atom. The van der Waals surface area contributed by atoms with Gasteiger partial charge < -0.3 is 15.4 Å². The third-order valence-electron chi connectivity index (χ3n) is 4.63. The Labute approximate surface area is 152 Å². The van der Waals surface area contributed by atoms with Crippen molar-refractivity contribution in [3.63, 3.8) is 0 Å². The van der Waals surface area contributed by atoms with Gasteiger partial charge in [-0.1, -0.05) is 37.1 Å². The molecule has 2 N–H and O–H groups in total. The molecule has 0 atom stereocenters. The van der Waals surface area contributed by atoms with Gasteiger partial charge in [-0.15, -0.1) is 0 Å². The summed E-state index contributed by atoms with van der Waals surface area (Å²) in [6.07, 6.45) is 6.45. The van der Waals surface area contributed by atoms with Crippen molar-refractivity contribution >= 4 is 5.96 Å². The summed E-state index contributed by atoms with van der Waals surface area (Å²) in [7, 11) is 3.53. The fraction of sp³-hybridized carbons (Fsp3) is 0.650. The van der Waals surface area contributed by atoms with Gasteiger partial charge in [0.25, 0.3) is 0 Å². The number of hydrogen-bond acceptors (Lipinski definition) is 3. The van der Waals surface area contributed by atoms with Gasteiger partial charge in [0.2, 0.25) is 0 Å². The minimum absolute atomic E-state index is 0.766. The molecule has 0 bridgehead atoms. The smallest absolute Gasteiger partial charge is 0.191 e. The topological polar surface area (TPSA) is 48.9 Å². The van der Waals surface area contributed by atoms with E-state index in [1.807, 2.05) is 0 Å². The van der Waals surface area contributed by atoms with Gasteiger partial charge in [0.05, 0.1) is 0 Å². The monoisotopic (exact) mass is 346 g/mol. The van der Waals surface area contributed by atoms with Gasteiger partial charge in [0.15, 0.2) is 5.96 Å². The van der Waals surface area contributed by atoms with E-state index in [4.69, 9.17) is 4.74 Å². The van der Waals surface area contributed by atoms with E-state index in [-0.39, 0.29) is 0 Å². The van der Waals surface area contributed by atoms with Gasteiger partial charge in [-0.05, 0) is 43.5 Å². The normalized spacial score (nSPS) is 16.5. The highest BCUT2D eigenvalue weighted by atomic mass is 16.5. The molecule has 5 heteroatoms. The zero-order valence-electron chi connectivity index (χ0n) is 15.9. The molecule has 0 saturated carbocycles. The lowest BCUT2D eigenvalue weighted by molar-refractivity contribution is 0.195. The molecule has 1 fully saturated rings. The number of aliphatic imine (C=N–C) groups is 1. The van der Waals surface area contributed by atoms with Gasteiger partial charge in [0.1, 0.15) is 0 Å². The second-order valence-electron chi connectivity index (χ2n) is 6.71. The fourth-order valence-corrected chi connectivity index (χ4v) is 3.14. The standard InChI is InChI=1S/C20H34N4O/c1-21-20(22-12-7-15-25-2)23-16-18-8-10-19(11-9-18)17-24-13-5-3-4-6-14-24/h8-11H,3-7,12-17H2,1-2H3,(H2,21,22,23). The first-order chi connectivity index (χ1) is 12.3. The van der Waals surface area contributed by atoms with E-state index in [2.05, 4.69) is 44.8 Å². The maximum Gasteiger partial charge on any atom is 0.191 e. The van der Waals surface area contributed by atoms with E-state index < -0.39 is 0 Å². The van der Waals surface area contributed by atoms with Crippen molar-refractivity contribution in [3.05, 3.63) is 35.4 Å². The number of methoxy groups -OCH3 is 1. The Morgan fingerprint density at radius 2 is 1.72 bits per heavy atom. The molecule has 0 unspecified atom stereocenters. The van der Waals surface area contributed by atoms with Crippen molar-refractivity contribution in [2.75, 3.05) is 40.4 Å². The third kappa shape index (κ3) is 7.88. The molecule has 140 valence electrons. The maximum atomic E-state index is 5.06. The molecule has 0 aromatic heterocycles. The van der Waals surface area contributed by atoms with Gasteiger partial charge in [-0.25, -0.2) is 0 Å². The number of guanidine groups is 1. The van der Waals surface area contributed by atoms with Crippen molar-refractivity contribution in [3.8, 4) is 0 Å². The maximum absolute atomic E-state index is 5.06. The summed E-state index contributed by atoms with van der Waals surface area (Å²) < 4.78 is 5.06. The van der Waals surface area contributed by atoms with Crippen LogP contribution in [0.5, 0.6) is 0 Å². The molecule has 5 nitrogen and oxygen atoms in total. The molecule has 1 aromatic carbocycles. The Hall–Kier alpha value is -1.59.